The third-order valence-electron chi connectivity index (χ3n) is 12.1. The second-order valence-corrected chi connectivity index (χ2v) is 20.9. The summed E-state index contributed by atoms with van der Waals surface area (Å²) in [5.74, 6) is 0. The number of nitrogens with zero attached hydrogens (tertiary/aromatic N) is 4. The van der Waals surface area contributed by atoms with Crippen LogP contribution in [0.25, 0.3) is 0 Å². The molecule has 0 aliphatic heterocycles. The fourth-order valence-electron chi connectivity index (χ4n) is 8.60. The highest BCUT2D eigenvalue weighted by atomic mass is 16.5. The first-order valence-corrected chi connectivity index (χ1v) is 23.2. The zero-order valence-electron chi connectivity index (χ0n) is 39.2. The van der Waals surface area contributed by atoms with Gasteiger partial charge in [-0.1, -0.05) is 117 Å². The standard InChI is InChI=1S/C46H102N4O5/c1-13-15-17-19-21-23-25-27-29-31-33-49(9,10)37-41(51)35-43(47(3,4)5)45(53)39-55-40-46(54)44(48(6,7)8)36-42(52)38-50(11,12)34-32-30-28-26-24-22-20-18-16-14-2/h41-46,51-54H,13-40H2,1-12H3/q+4. The summed E-state index contributed by atoms with van der Waals surface area (Å²) >= 11 is 0. The van der Waals surface area contributed by atoms with Gasteiger partial charge in [0.2, 0.25) is 0 Å². The van der Waals surface area contributed by atoms with E-state index < -0.39 is 24.4 Å². The number of aliphatic hydroxyl groups excluding tert-OH is 4. The molecular formula is C46H102N4O5+4. The van der Waals surface area contributed by atoms with Crippen LogP contribution in [0.4, 0.5) is 0 Å². The van der Waals surface area contributed by atoms with Crippen molar-refractivity contribution in [2.75, 3.05) is 110 Å². The minimum Gasteiger partial charge on any atom is -0.387 e. The van der Waals surface area contributed by atoms with Gasteiger partial charge in [-0.25, -0.2) is 0 Å². The van der Waals surface area contributed by atoms with Gasteiger partial charge in [-0.3, -0.25) is 0 Å². The van der Waals surface area contributed by atoms with Gasteiger partial charge < -0.3 is 43.1 Å². The SMILES string of the molecule is CCCCCCCCCCCC[N+](C)(C)CC(O)CC(C(O)COCC(O)C(CC(O)C[N+](C)(C)CCCCCCCCCCCC)[N+](C)(C)C)[N+](C)(C)C. The van der Waals surface area contributed by atoms with Gasteiger partial charge in [-0.2, -0.15) is 0 Å². The molecule has 4 N–H and O–H groups in total. The highest BCUT2D eigenvalue weighted by molar-refractivity contribution is 4.76. The Morgan fingerprint density at radius 1 is 0.382 bits per heavy atom. The van der Waals surface area contributed by atoms with Crippen molar-refractivity contribution in [1.29, 1.82) is 0 Å². The van der Waals surface area contributed by atoms with E-state index in [0.29, 0.717) is 34.9 Å². The molecule has 0 spiro atoms. The Morgan fingerprint density at radius 3 is 0.891 bits per heavy atom. The summed E-state index contributed by atoms with van der Waals surface area (Å²) in [6.45, 7) is 8.13. The fraction of sp³-hybridized carbons (Fsp3) is 1.00. The molecule has 0 bridgehead atoms. The van der Waals surface area contributed by atoms with Gasteiger partial charge in [0.05, 0.1) is 96.8 Å². The van der Waals surface area contributed by atoms with Crippen LogP contribution in [0.1, 0.15) is 155 Å². The number of aliphatic hydroxyl groups is 4. The predicted molar refractivity (Wildman–Crippen MR) is 235 cm³/mol. The number of hydrogen-bond donors (Lipinski definition) is 4. The molecule has 0 radical (unpaired) electrons. The van der Waals surface area contributed by atoms with Gasteiger partial charge in [-0.05, 0) is 25.7 Å². The Hall–Kier alpha value is -0.360. The molecule has 0 saturated heterocycles. The van der Waals surface area contributed by atoms with Crippen molar-refractivity contribution in [3.63, 3.8) is 0 Å². The van der Waals surface area contributed by atoms with Crippen LogP contribution >= 0.6 is 0 Å². The van der Waals surface area contributed by atoms with Crippen molar-refractivity contribution in [2.24, 2.45) is 0 Å². The monoisotopic (exact) mass is 791 g/mol. The molecule has 0 aromatic rings. The highest BCUT2D eigenvalue weighted by Crippen LogP contribution is 2.21. The number of hydrogen-bond acceptors (Lipinski definition) is 5. The first kappa shape index (κ1) is 54.6. The summed E-state index contributed by atoms with van der Waals surface area (Å²) in [7, 11) is 21.2. The molecule has 9 nitrogen and oxygen atoms in total. The lowest BCUT2D eigenvalue weighted by atomic mass is 9.99. The first-order chi connectivity index (χ1) is 25.6. The van der Waals surface area contributed by atoms with Crippen LogP contribution in [0.3, 0.4) is 0 Å². The minimum atomic E-state index is -0.781. The molecule has 0 aromatic carbocycles. The maximum atomic E-state index is 11.4. The zero-order valence-corrected chi connectivity index (χ0v) is 39.2. The van der Waals surface area contributed by atoms with E-state index in [9.17, 15) is 20.4 Å². The fourth-order valence-corrected chi connectivity index (χ4v) is 8.60. The topological polar surface area (TPSA) is 90.2 Å². The molecule has 0 rings (SSSR count). The first-order valence-electron chi connectivity index (χ1n) is 23.2. The molecule has 0 fully saturated rings. The lowest BCUT2D eigenvalue weighted by Gasteiger charge is -2.40. The number of rotatable bonds is 38. The molecule has 0 amide bonds. The molecule has 55 heavy (non-hydrogen) atoms. The summed E-state index contributed by atoms with van der Waals surface area (Å²) in [5, 5.41) is 45.2. The van der Waals surface area contributed by atoms with Crippen molar-refractivity contribution in [3.05, 3.63) is 0 Å². The van der Waals surface area contributed by atoms with E-state index in [1.807, 2.05) is 0 Å². The molecule has 0 aliphatic carbocycles. The van der Waals surface area contributed by atoms with Crippen LogP contribution in [0.5, 0.6) is 0 Å². The molecule has 9 heteroatoms. The molecule has 6 atom stereocenters. The van der Waals surface area contributed by atoms with Crippen molar-refractivity contribution in [1.82, 2.24) is 0 Å². The second-order valence-electron chi connectivity index (χ2n) is 20.9. The van der Waals surface area contributed by atoms with Crippen molar-refractivity contribution < 1.29 is 43.1 Å². The Bertz CT molecular complexity index is 821. The summed E-state index contributed by atoms with van der Waals surface area (Å²) in [6.07, 6.45) is 24.8. The molecule has 6 unspecified atom stereocenters. The normalized spacial score (nSPS) is 16.6. The lowest BCUT2D eigenvalue weighted by Crippen LogP contribution is -2.57. The number of ether oxygens (including phenoxy) is 1. The van der Waals surface area contributed by atoms with Crippen LogP contribution in [0, 0.1) is 0 Å². The van der Waals surface area contributed by atoms with Gasteiger partial charge >= 0.3 is 0 Å². The van der Waals surface area contributed by atoms with Crippen LogP contribution in [-0.4, -0.2) is 185 Å². The van der Waals surface area contributed by atoms with Gasteiger partial charge in [0.1, 0.15) is 49.6 Å². The molecular weight excluding hydrogens is 689 g/mol. The molecule has 0 aromatic heterocycles. The minimum absolute atomic E-state index is 0.0933. The number of unbranched alkanes of at least 4 members (excludes halogenated alkanes) is 18. The average molecular weight is 791 g/mol. The average Bonchev–Trinajstić information content (AvgIpc) is 3.06. The Morgan fingerprint density at radius 2 is 0.636 bits per heavy atom. The number of likely N-dealkylation sites (N-methyl/N-ethyl adjacent to an activating group) is 4. The summed E-state index contributed by atoms with van der Waals surface area (Å²) in [4.78, 5) is 0. The van der Waals surface area contributed by atoms with E-state index in [0.717, 1.165) is 22.1 Å². The summed E-state index contributed by atoms with van der Waals surface area (Å²) in [5.41, 5.74) is 0. The number of quaternary nitrogens is 4. The smallest absolute Gasteiger partial charge is 0.129 e. The van der Waals surface area contributed by atoms with Gasteiger partial charge in [-0.15, -0.1) is 0 Å². The third kappa shape index (κ3) is 29.5. The summed E-state index contributed by atoms with van der Waals surface area (Å²) < 4.78 is 8.59. The van der Waals surface area contributed by atoms with Gasteiger partial charge in [0.15, 0.2) is 0 Å². The Balaban J connectivity index is 4.80. The summed E-state index contributed by atoms with van der Waals surface area (Å²) in [6, 6.07) is -0.424. The van der Waals surface area contributed by atoms with E-state index in [2.05, 4.69) is 84.3 Å². The lowest BCUT2D eigenvalue weighted by molar-refractivity contribution is -0.906. The van der Waals surface area contributed by atoms with E-state index in [1.54, 1.807) is 0 Å². The van der Waals surface area contributed by atoms with Crippen LogP contribution in [-0.2, 0) is 4.74 Å². The highest BCUT2D eigenvalue weighted by Gasteiger charge is 2.38. The van der Waals surface area contributed by atoms with Crippen LogP contribution in [0.15, 0.2) is 0 Å². The van der Waals surface area contributed by atoms with Crippen molar-refractivity contribution in [2.45, 2.75) is 192 Å². The van der Waals surface area contributed by atoms with E-state index in [4.69, 9.17) is 4.74 Å². The third-order valence-corrected chi connectivity index (χ3v) is 12.1. The Labute approximate surface area is 343 Å². The van der Waals surface area contributed by atoms with Gasteiger partial charge in [0.25, 0.3) is 0 Å². The Kier molecular flexibility index (Phi) is 29.6. The van der Waals surface area contributed by atoms with Crippen LogP contribution in [0.2, 0.25) is 0 Å². The van der Waals surface area contributed by atoms with Crippen LogP contribution < -0.4 is 0 Å². The quantitative estimate of drug-likeness (QED) is 0.0388. The largest absolute Gasteiger partial charge is 0.387 e. The predicted octanol–water partition coefficient (Wildman–Crippen LogP) is 7.37. The van der Waals surface area contributed by atoms with E-state index >= 15 is 0 Å². The van der Waals surface area contributed by atoms with Gasteiger partial charge in [0, 0.05) is 12.8 Å². The van der Waals surface area contributed by atoms with E-state index in [-0.39, 0.29) is 25.3 Å². The molecule has 0 saturated carbocycles. The maximum Gasteiger partial charge on any atom is 0.129 e. The maximum absolute atomic E-state index is 11.4. The molecule has 0 aliphatic rings. The van der Waals surface area contributed by atoms with E-state index in [1.165, 1.54) is 128 Å². The second kappa shape index (κ2) is 29.8. The van der Waals surface area contributed by atoms with Crippen molar-refractivity contribution in [3.8, 4) is 0 Å². The zero-order chi connectivity index (χ0) is 42.0. The molecule has 332 valence electrons. The molecule has 0 heterocycles. The van der Waals surface area contributed by atoms with Crippen molar-refractivity contribution >= 4 is 0 Å².